The maximum absolute atomic E-state index is 12.2. The Morgan fingerprint density at radius 3 is 2.44 bits per heavy atom. The number of carbonyl (C=O) groups is 2. The van der Waals surface area contributed by atoms with E-state index >= 15 is 0 Å². The van der Waals surface area contributed by atoms with Gasteiger partial charge < -0.3 is 14.7 Å². The number of hydrogen-bond acceptors (Lipinski definition) is 3. The fraction of sp³-hybridized carbons (Fsp3) is 0.692. The molecule has 0 aromatic carbocycles. The van der Waals surface area contributed by atoms with E-state index in [0.717, 1.165) is 19.4 Å². The van der Waals surface area contributed by atoms with Gasteiger partial charge in [-0.2, -0.15) is 0 Å². The third kappa shape index (κ3) is 3.57. The molecule has 1 fully saturated rings. The molecule has 0 saturated carbocycles. The first kappa shape index (κ1) is 14.7. The van der Waals surface area contributed by atoms with Crippen LogP contribution in [0.4, 0.5) is 0 Å². The van der Waals surface area contributed by atoms with Gasteiger partial charge >= 0.3 is 5.97 Å². The normalized spacial score (nSPS) is 20.5. The van der Waals surface area contributed by atoms with E-state index in [0.29, 0.717) is 18.7 Å². The number of rotatable bonds is 5. The van der Waals surface area contributed by atoms with Crippen molar-refractivity contribution < 1.29 is 19.4 Å². The summed E-state index contributed by atoms with van der Waals surface area (Å²) in [6.07, 6.45) is 2.08. The predicted molar refractivity (Wildman–Crippen MR) is 67.2 cm³/mol. The third-order valence-electron chi connectivity index (χ3n) is 3.32. The highest BCUT2D eigenvalue weighted by atomic mass is 16.5. The van der Waals surface area contributed by atoms with Crippen LogP contribution in [-0.4, -0.2) is 47.7 Å². The van der Waals surface area contributed by atoms with E-state index in [1.807, 2.05) is 6.92 Å². The first-order valence-electron chi connectivity index (χ1n) is 6.29. The standard InChI is InChI=1S/C13H21NO4/c1-4-14(8-11-6-5-7-18-11)12(15)9(2)10(3)13(16)17/h11H,4-8H2,1-3H3,(H,16,17). The number of hydrogen-bond donors (Lipinski definition) is 1. The van der Waals surface area contributed by atoms with Crippen molar-refractivity contribution >= 4 is 11.9 Å². The van der Waals surface area contributed by atoms with Crippen molar-refractivity contribution in [3.8, 4) is 0 Å². The van der Waals surface area contributed by atoms with E-state index in [1.54, 1.807) is 11.8 Å². The van der Waals surface area contributed by atoms with Gasteiger partial charge in [0, 0.05) is 30.8 Å². The molecule has 1 amide bonds. The summed E-state index contributed by atoms with van der Waals surface area (Å²) in [7, 11) is 0. The number of carboxylic acids is 1. The molecule has 1 rings (SSSR count). The SMILES string of the molecule is CCN(CC1CCCO1)C(=O)C(C)=C(C)C(=O)O. The van der Waals surface area contributed by atoms with Crippen molar-refractivity contribution in [3.63, 3.8) is 0 Å². The number of amides is 1. The van der Waals surface area contributed by atoms with Crippen molar-refractivity contribution in [1.29, 1.82) is 0 Å². The molecule has 1 atom stereocenters. The lowest BCUT2D eigenvalue weighted by molar-refractivity contribution is -0.134. The molecule has 0 aliphatic carbocycles. The maximum Gasteiger partial charge on any atom is 0.331 e. The summed E-state index contributed by atoms with van der Waals surface area (Å²) in [6.45, 7) is 6.75. The smallest absolute Gasteiger partial charge is 0.331 e. The minimum absolute atomic E-state index is 0.0897. The van der Waals surface area contributed by atoms with Gasteiger partial charge in [-0.15, -0.1) is 0 Å². The zero-order valence-electron chi connectivity index (χ0n) is 11.2. The minimum atomic E-state index is -1.05. The second kappa shape index (κ2) is 6.54. The number of aliphatic carboxylic acids is 1. The first-order valence-corrected chi connectivity index (χ1v) is 6.29. The molecule has 0 bridgehead atoms. The monoisotopic (exact) mass is 255 g/mol. The quantitative estimate of drug-likeness (QED) is 0.755. The van der Waals surface area contributed by atoms with Gasteiger partial charge in [0.05, 0.1) is 6.10 Å². The number of carbonyl (C=O) groups excluding carboxylic acids is 1. The summed E-state index contributed by atoms with van der Waals surface area (Å²) >= 11 is 0. The zero-order chi connectivity index (χ0) is 13.7. The summed E-state index contributed by atoms with van der Waals surface area (Å²) in [5.74, 6) is -1.26. The summed E-state index contributed by atoms with van der Waals surface area (Å²) in [6, 6.07) is 0. The number of likely N-dealkylation sites (N-methyl/N-ethyl adjacent to an activating group) is 1. The molecule has 1 heterocycles. The summed E-state index contributed by atoms with van der Waals surface area (Å²) in [4.78, 5) is 24.7. The van der Waals surface area contributed by atoms with Crippen LogP contribution in [0.25, 0.3) is 0 Å². The second-order valence-electron chi connectivity index (χ2n) is 4.53. The molecule has 1 aliphatic heterocycles. The highest BCUT2D eigenvalue weighted by molar-refractivity contribution is 6.01. The lowest BCUT2D eigenvalue weighted by atomic mass is 10.1. The van der Waals surface area contributed by atoms with Crippen LogP contribution < -0.4 is 0 Å². The Morgan fingerprint density at radius 1 is 1.33 bits per heavy atom. The van der Waals surface area contributed by atoms with Gasteiger partial charge in [0.2, 0.25) is 5.91 Å². The Hall–Kier alpha value is -1.36. The molecule has 18 heavy (non-hydrogen) atoms. The Morgan fingerprint density at radius 2 is 2.00 bits per heavy atom. The molecular weight excluding hydrogens is 234 g/mol. The minimum Gasteiger partial charge on any atom is -0.478 e. The van der Waals surface area contributed by atoms with Gasteiger partial charge in [-0.3, -0.25) is 4.79 Å². The van der Waals surface area contributed by atoms with Crippen molar-refractivity contribution in [2.45, 2.75) is 39.7 Å². The predicted octanol–water partition coefficient (Wildman–Crippen LogP) is 1.43. The van der Waals surface area contributed by atoms with Gasteiger partial charge in [0.25, 0.3) is 0 Å². The van der Waals surface area contributed by atoms with Gasteiger partial charge in [0.15, 0.2) is 0 Å². The van der Waals surface area contributed by atoms with Crippen LogP contribution >= 0.6 is 0 Å². The Kier molecular flexibility index (Phi) is 5.34. The second-order valence-corrected chi connectivity index (χ2v) is 4.53. The van der Waals surface area contributed by atoms with Crippen molar-refractivity contribution in [3.05, 3.63) is 11.1 Å². The van der Waals surface area contributed by atoms with Crippen molar-refractivity contribution in [2.24, 2.45) is 0 Å². The van der Waals surface area contributed by atoms with E-state index in [-0.39, 0.29) is 17.6 Å². The summed E-state index contributed by atoms with van der Waals surface area (Å²) in [5.41, 5.74) is 0.396. The van der Waals surface area contributed by atoms with Crippen LogP contribution in [0.1, 0.15) is 33.6 Å². The molecule has 5 heteroatoms. The molecule has 1 aliphatic rings. The van der Waals surface area contributed by atoms with Crippen LogP contribution in [-0.2, 0) is 14.3 Å². The number of carboxylic acid groups (broad SMARTS) is 1. The van der Waals surface area contributed by atoms with Crippen LogP contribution in [0.15, 0.2) is 11.1 Å². The van der Waals surface area contributed by atoms with Gasteiger partial charge in [0.1, 0.15) is 0 Å². The van der Waals surface area contributed by atoms with E-state index < -0.39 is 5.97 Å². The Balaban J connectivity index is 2.72. The molecular formula is C13H21NO4. The molecule has 0 aromatic heterocycles. The molecule has 5 nitrogen and oxygen atoms in total. The van der Waals surface area contributed by atoms with Gasteiger partial charge in [-0.25, -0.2) is 4.79 Å². The fourth-order valence-electron chi connectivity index (χ4n) is 1.95. The first-order chi connectivity index (χ1) is 8.47. The molecule has 1 N–H and O–H groups in total. The third-order valence-corrected chi connectivity index (χ3v) is 3.32. The van der Waals surface area contributed by atoms with E-state index in [2.05, 4.69) is 0 Å². The van der Waals surface area contributed by atoms with Crippen LogP contribution in [0.5, 0.6) is 0 Å². The average molecular weight is 255 g/mol. The van der Waals surface area contributed by atoms with Crippen LogP contribution in [0, 0.1) is 0 Å². The maximum atomic E-state index is 12.2. The van der Waals surface area contributed by atoms with Gasteiger partial charge in [-0.05, 0) is 33.6 Å². The average Bonchev–Trinajstić information content (AvgIpc) is 2.85. The Bertz CT molecular complexity index is 356. The van der Waals surface area contributed by atoms with E-state index in [1.165, 1.54) is 6.92 Å². The molecule has 0 aromatic rings. The largest absolute Gasteiger partial charge is 0.478 e. The molecule has 0 radical (unpaired) electrons. The lowest BCUT2D eigenvalue weighted by Gasteiger charge is -2.24. The Labute approximate surface area is 107 Å². The zero-order valence-corrected chi connectivity index (χ0v) is 11.2. The van der Waals surface area contributed by atoms with Crippen LogP contribution in [0.3, 0.4) is 0 Å². The van der Waals surface area contributed by atoms with Crippen LogP contribution in [0.2, 0.25) is 0 Å². The molecule has 1 unspecified atom stereocenters. The molecule has 102 valence electrons. The lowest BCUT2D eigenvalue weighted by Crippen LogP contribution is -2.38. The summed E-state index contributed by atoms with van der Waals surface area (Å²) < 4.78 is 5.50. The highest BCUT2D eigenvalue weighted by Crippen LogP contribution is 2.15. The van der Waals surface area contributed by atoms with Gasteiger partial charge in [-0.1, -0.05) is 0 Å². The molecule has 1 saturated heterocycles. The fourth-order valence-corrected chi connectivity index (χ4v) is 1.95. The van der Waals surface area contributed by atoms with E-state index in [4.69, 9.17) is 9.84 Å². The van der Waals surface area contributed by atoms with Crippen molar-refractivity contribution in [2.75, 3.05) is 19.7 Å². The highest BCUT2D eigenvalue weighted by Gasteiger charge is 2.23. The van der Waals surface area contributed by atoms with Crippen molar-refractivity contribution in [1.82, 2.24) is 4.90 Å². The summed E-state index contributed by atoms with van der Waals surface area (Å²) in [5, 5.41) is 8.89. The molecule has 0 spiro atoms. The number of nitrogens with zero attached hydrogens (tertiary/aromatic N) is 1. The topological polar surface area (TPSA) is 66.8 Å². The number of ether oxygens (including phenoxy) is 1. The van der Waals surface area contributed by atoms with E-state index in [9.17, 15) is 9.59 Å².